The van der Waals surface area contributed by atoms with Crippen LogP contribution in [0.3, 0.4) is 0 Å². The Hall–Kier alpha value is -2.62. The molecule has 0 heterocycles. The number of urea groups is 1. The molecule has 0 atom stereocenters. The Morgan fingerprint density at radius 2 is 1.68 bits per heavy atom. The topological polar surface area (TPSA) is 67.5 Å². The molecule has 0 spiro atoms. The number of hydrogen-bond acceptors (Lipinski definition) is 2. The predicted octanol–water partition coefficient (Wildman–Crippen LogP) is 2.99. The average molecular weight is 293 g/mol. The van der Waals surface area contributed by atoms with Crippen molar-refractivity contribution < 1.29 is 4.79 Å². The summed E-state index contributed by atoms with van der Waals surface area (Å²) in [5.74, 6) is 0. The van der Waals surface area contributed by atoms with Crippen LogP contribution in [0.15, 0.2) is 53.6 Å². The third-order valence-corrected chi connectivity index (χ3v) is 3.95. The number of amides is 2. The van der Waals surface area contributed by atoms with Gasteiger partial charge in [0.15, 0.2) is 0 Å². The molecule has 2 aromatic carbocycles. The highest BCUT2D eigenvalue weighted by atomic mass is 16.2. The number of carbonyl (C=O) groups excluding carboxylic acids is 1. The molecule has 0 aromatic heterocycles. The van der Waals surface area contributed by atoms with E-state index in [-0.39, 0.29) is 0 Å². The lowest BCUT2D eigenvalue weighted by Crippen LogP contribution is -2.26. The van der Waals surface area contributed by atoms with Gasteiger partial charge in [-0.1, -0.05) is 42.5 Å². The average Bonchev–Trinajstić information content (AvgIpc) is 2.55. The maximum atomic E-state index is 11.0. The third kappa shape index (κ3) is 3.17. The molecule has 2 amide bonds. The van der Waals surface area contributed by atoms with Crippen LogP contribution in [0.4, 0.5) is 4.79 Å². The molecule has 0 fully saturated rings. The molecule has 4 nitrogen and oxygen atoms in total. The van der Waals surface area contributed by atoms with Crippen molar-refractivity contribution in [2.45, 2.75) is 25.7 Å². The van der Waals surface area contributed by atoms with Crippen molar-refractivity contribution in [1.29, 1.82) is 0 Å². The molecule has 0 unspecified atom stereocenters. The number of carbonyl (C=O) groups is 1. The molecule has 1 aliphatic carbocycles. The molecule has 0 bridgehead atoms. The van der Waals surface area contributed by atoms with Gasteiger partial charge in [-0.05, 0) is 42.9 Å². The Bertz CT molecular complexity index is 708. The van der Waals surface area contributed by atoms with Crippen LogP contribution < -0.4 is 11.2 Å². The van der Waals surface area contributed by atoms with Gasteiger partial charge in [-0.25, -0.2) is 10.2 Å². The molecule has 4 heteroatoms. The van der Waals surface area contributed by atoms with Crippen LogP contribution in [-0.4, -0.2) is 11.7 Å². The van der Waals surface area contributed by atoms with E-state index in [0.717, 1.165) is 29.7 Å². The van der Waals surface area contributed by atoms with Crippen LogP contribution in [0.5, 0.6) is 0 Å². The van der Waals surface area contributed by atoms with Crippen LogP contribution in [0.2, 0.25) is 0 Å². The molecule has 3 N–H and O–H groups in total. The number of benzene rings is 2. The summed E-state index contributed by atoms with van der Waals surface area (Å²) in [6.07, 6.45) is 4.74. The number of nitrogens with one attached hydrogen (secondary N) is 1. The standard InChI is InChI=1S/C18H19N3O/c19-18(22)21-20-17(14-7-2-1-3-8-14)16-11-10-13-6-4-5-9-15(13)12-16/h1-3,7-8,10-12H,4-6,9H2,(H3,19,21,22)/b20-17+. The van der Waals surface area contributed by atoms with Crippen LogP contribution in [0.1, 0.15) is 35.1 Å². The first-order valence-corrected chi connectivity index (χ1v) is 7.55. The van der Waals surface area contributed by atoms with Crippen molar-refractivity contribution in [3.05, 3.63) is 70.8 Å². The summed E-state index contributed by atoms with van der Waals surface area (Å²) >= 11 is 0. The summed E-state index contributed by atoms with van der Waals surface area (Å²) in [6.45, 7) is 0. The van der Waals surface area contributed by atoms with Crippen molar-refractivity contribution in [3.63, 3.8) is 0 Å². The monoisotopic (exact) mass is 293 g/mol. The Balaban J connectivity index is 2.02. The van der Waals surface area contributed by atoms with E-state index < -0.39 is 6.03 Å². The summed E-state index contributed by atoms with van der Waals surface area (Å²) in [5, 5.41) is 4.20. The van der Waals surface area contributed by atoms with Gasteiger partial charge >= 0.3 is 6.03 Å². The zero-order valence-corrected chi connectivity index (χ0v) is 12.4. The Labute approximate surface area is 130 Å². The minimum atomic E-state index is -0.661. The first-order valence-electron chi connectivity index (χ1n) is 7.55. The lowest BCUT2D eigenvalue weighted by molar-refractivity contribution is 0.249. The molecule has 0 saturated carbocycles. The predicted molar refractivity (Wildman–Crippen MR) is 87.9 cm³/mol. The summed E-state index contributed by atoms with van der Waals surface area (Å²) in [4.78, 5) is 11.0. The highest BCUT2D eigenvalue weighted by Crippen LogP contribution is 2.23. The van der Waals surface area contributed by atoms with Gasteiger partial charge in [0.2, 0.25) is 0 Å². The molecule has 0 radical (unpaired) electrons. The second-order valence-corrected chi connectivity index (χ2v) is 5.49. The fourth-order valence-electron chi connectivity index (χ4n) is 2.88. The van der Waals surface area contributed by atoms with Crippen LogP contribution >= 0.6 is 0 Å². The minimum absolute atomic E-state index is 0.661. The van der Waals surface area contributed by atoms with E-state index in [1.54, 1.807) is 0 Å². The smallest absolute Gasteiger partial charge is 0.332 e. The fraction of sp³-hybridized carbons (Fsp3) is 0.222. The van der Waals surface area contributed by atoms with Gasteiger partial charge in [-0.15, -0.1) is 0 Å². The largest absolute Gasteiger partial charge is 0.350 e. The van der Waals surface area contributed by atoms with Gasteiger partial charge in [0.1, 0.15) is 0 Å². The number of fused-ring (bicyclic) bond motifs is 1. The number of hydrazone groups is 1. The summed E-state index contributed by atoms with van der Waals surface area (Å²) < 4.78 is 0. The highest BCUT2D eigenvalue weighted by Gasteiger charge is 2.13. The quantitative estimate of drug-likeness (QED) is 0.663. The number of aryl methyl sites for hydroxylation is 2. The number of nitrogens with two attached hydrogens (primary N) is 1. The molecular weight excluding hydrogens is 274 g/mol. The normalized spacial score (nSPS) is 14.3. The van der Waals surface area contributed by atoms with E-state index in [0.29, 0.717) is 0 Å². The third-order valence-electron chi connectivity index (χ3n) is 3.95. The van der Waals surface area contributed by atoms with E-state index in [4.69, 9.17) is 5.73 Å². The first kappa shape index (κ1) is 14.3. The van der Waals surface area contributed by atoms with Crippen molar-refractivity contribution >= 4 is 11.7 Å². The van der Waals surface area contributed by atoms with E-state index in [2.05, 4.69) is 28.7 Å². The van der Waals surface area contributed by atoms with Gasteiger partial charge < -0.3 is 5.73 Å². The van der Waals surface area contributed by atoms with E-state index >= 15 is 0 Å². The molecule has 1 aliphatic rings. The molecule has 112 valence electrons. The van der Waals surface area contributed by atoms with Gasteiger partial charge in [0, 0.05) is 11.1 Å². The lowest BCUT2D eigenvalue weighted by atomic mass is 9.89. The number of rotatable bonds is 3. The molecule has 3 rings (SSSR count). The number of nitrogens with zero attached hydrogens (tertiary/aromatic N) is 1. The summed E-state index contributed by atoms with van der Waals surface area (Å²) in [7, 11) is 0. The molecular formula is C18H19N3O. The zero-order valence-electron chi connectivity index (χ0n) is 12.4. The van der Waals surface area contributed by atoms with Gasteiger partial charge in [0.05, 0.1) is 5.71 Å². The van der Waals surface area contributed by atoms with Crippen molar-refractivity contribution in [2.75, 3.05) is 0 Å². The second kappa shape index (κ2) is 6.43. The molecule has 2 aromatic rings. The zero-order chi connectivity index (χ0) is 15.4. The van der Waals surface area contributed by atoms with Crippen molar-refractivity contribution in [1.82, 2.24) is 5.43 Å². The molecule has 0 saturated heterocycles. The van der Waals surface area contributed by atoms with Gasteiger partial charge in [-0.3, -0.25) is 0 Å². The van der Waals surface area contributed by atoms with Crippen LogP contribution in [0.25, 0.3) is 0 Å². The maximum absolute atomic E-state index is 11.0. The molecule has 22 heavy (non-hydrogen) atoms. The van der Waals surface area contributed by atoms with E-state index in [1.807, 2.05) is 30.3 Å². The van der Waals surface area contributed by atoms with E-state index in [9.17, 15) is 4.79 Å². The van der Waals surface area contributed by atoms with Gasteiger partial charge in [0.25, 0.3) is 0 Å². The van der Waals surface area contributed by atoms with Crippen molar-refractivity contribution in [2.24, 2.45) is 10.8 Å². The van der Waals surface area contributed by atoms with E-state index in [1.165, 1.54) is 24.0 Å². The SMILES string of the molecule is NC(=O)N/N=C(\c1ccccc1)c1ccc2c(c1)CCCC2. The Morgan fingerprint density at radius 3 is 2.41 bits per heavy atom. The maximum Gasteiger partial charge on any atom is 0.332 e. The highest BCUT2D eigenvalue weighted by molar-refractivity contribution is 6.13. The van der Waals surface area contributed by atoms with Crippen LogP contribution in [0, 0.1) is 0 Å². The first-order chi connectivity index (χ1) is 10.7. The summed E-state index contributed by atoms with van der Waals surface area (Å²) in [6, 6.07) is 15.6. The Kier molecular flexibility index (Phi) is 4.19. The second-order valence-electron chi connectivity index (χ2n) is 5.49. The number of hydrogen-bond donors (Lipinski definition) is 2. The minimum Gasteiger partial charge on any atom is -0.350 e. The summed E-state index contributed by atoms with van der Waals surface area (Å²) in [5.41, 5.74) is 13.0. The Morgan fingerprint density at radius 1 is 0.955 bits per heavy atom. The number of primary amides is 1. The van der Waals surface area contributed by atoms with Crippen LogP contribution in [-0.2, 0) is 12.8 Å². The fourth-order valence-corrected chi connectivity index (χ4v) is 2.88. The lowest BCUT2D eigenvalue weighted by Gasteiger charge is -2.17. The van der Waals surface area contributed by atoms with Crippen molar-refractivity contribution in [3.8, 4) is 0 Å². The molecule has 0 aliphatic heterocycles. The van der Waals surface area contributed by atoms with Gasteiger partial charge in [-0.2, -0.15) is 5.10 Å².